The molecule has 4 N–H and O–H groups in total. The molecule has 5 rings (SSSR count). The van der Waals surface area contributed by atoms with Crippen molar-refractivity contribution in [1.29, 1.82) is 0 Å². The lowest BCUT2D eigenvalue weighted by Gasteiger charge is -2.28. The number of para-hydroxylation sites is 1. The fraction of sp³-hybridized carbons (Fsp3) is 0.310. The molecule has 58 heavy (non-hydrogen) atoms. The Morgan fingerprint density at radius 2 is 1.28 bits per heavy atom. The summed E-state index contributed by atoms with van der Waals surface area (Å²) in [5.74, 6) is -3.54. The van der Waals surface area contributed by atoms with E-state index in [-0.39, 0.29) is 23.8 Å². The number of carbonyl (C=O) groups is 3. The number of rotatable bonds is 16. The number of fused-ring (bicyclic) bond motifs is 1. The van der Waals surface area contributed by atoms with E-state index in [0.717, 1.165) is 41.9 Å². The predicted octanol–water partition coefficient (Wildman–Crippen LogP) is 5.25. The summed E-state index contributed by atoms with van der Waals surface area (Å²) in [7, 11) is 0. The maximum absolute atomic E-state index is 14.1. The van der Waals surface area contributed by atoms with Crippen LogP contribution in [-0.4, -0.2) is 96.0 Å². The largest absolute Gasteiger partial charge is 0.479 e. The van der Waals surface area contributed by atoms with Gasteiger partial charge in [0.15, 0.2) is 12.2 Å². The number of nitrogens with zero attached hydrogens (tertiary/aromatic N) is 4. The lowest BCUT2D eigenvalue weighted by molar-refractivity contribution is -0.165. The van der Waals surface area contributed by atoms with Crippen LogP contribution in [0.3, 0.4) is 0 Å². The quantitative estimate of drug-likeness (QED) is 0.0965. The lowest BCUT2D eigenvalue weighted by atomic mass is 10.0. The summed E-state index contributed by atoms with van der Waals surface area (Å²) in [4.78, 5) is 55.1. The first-order valence-electron chi connectivity index (χ1n) is 18.3. The number of benzene rings is 4. The van der Waals surface area contributed by atoms with Gasteiger partial charge in [-0.25, -0.2) is 14.0 Å². The third kappa shape index (κ3) is 12.3. The molecule has 1 amide bonds. The van der Waals surface area contributed by atoms with Crippen LogP contribution in [0.1, 0.15) is 36.4 Å². The summed E-state index contributed by atoms with van der Waals surface area (Å²) in [6, 6.07) is 25.8. The van der Waals surface area contributed by atoms with Crippen LogP contribution in [-0.2, 0) is 46.5 Å². The molecule has 2 atom stereocenters. The molecule has 0 fully saturated rings. The van der Waals surface area contributed by atoms with Crippen molar-refractivity contribution in [1.82, 2.24) is 19.4 Å². The highest BCUT2D eigenvalue weighted by Crippen LogP contribution is 2.31. The van der Waals surface area contributed by atoms with Gasteiger partial charge >= 0.3 is 18.1 Å². The summed E-state index contributed by atoms with van der Waals surface area (Å²) >= 11 is 0. The van der Waals surface area contributed by atoms with Gasteiger partial charge in [-0.15, -0.1) is 0 Å². The Kier molecular flexibility index (Phi) is 15.8. The number of aliphatic hydroxyl groups is 2. The Bertz CT molecular complexity index is 2190. The fourth-order valence-electron chi connectivity index (χ4n) is 6.02. The molecule has 1 heterocycles. The lowest BCUT2D eigenvalue weighted by Crippen LogP contribution is -2.40. The van der Waals surface area contributed by atoms with Crippen molar-refractivity contribution in [2.45, 2.75) is 58.2 Å². The number of carbonyl (C=O) groups excluding carboxylic acids is 1. The van der Waals surface area contributed by atoms with Gasteiger partial charge in [0.25, 0.3) is 5.56 Å². The highest BCUT2D eigenvalue weighted by atomic mass is 19.4. The molecule has 0 spiro atoms. The van der Waals surface area contributed by atoms with Crippen LogP contribution in [0.5, 0.6) is 0 Å². The number of halogens is 4. The van der Waals surface area contributed by atoms with E-state index >= 15 is 0 Å². The molecule has 0 aliphatic rings. The number of aryl methyl sites for hydroxylation is 2. The molecule has 0 aliphatic heterocycles. The molecule has 0 saturated heterocycles. The standard InChI is InChI=1S/C38H38F4N4O2.C4H6O6/c1-3-44(4-2)23-24-45(25-28-9-14-29(15-10-28)30-16-18-31(19-17-30)38(40,41)42)36(47)26-46-34-8-6-5-7-33(34)37(48)43-35(46)22-13-27-11-20-32(39)21-12-27;5-1(3(7)8)2(6)4(9)10/h5-12,14-21H,3-4,13,22-26H2,1-2H3;1-2,5-6H,(H,7,8)(H,9,10). The third-order valence-corrected chi connectivity index (χ3v) is 9.42. The zero-order valence-corrected chi connectivity index (χ0v) is 31.8. The molecule has 16 heteroatoms. The van der Waals surface area contributed by atoms with Crippen LogP contribution in [0.4, 0.5) is 17.6 Å². The fourth-order valence-corrected chi connectivity index (χ4v) is 6.02. The maximum atomic E-state index is 14.1. The number of hydrogen-bond donors (Lipinski definition) is 4. The summed E-state index contributed by atoms with van der Waals surface area (Å²) in [5, 5.41) is 32.9. The monoisotopic (exact) mass is 808 g/mol. The number of aliphatic carboxylic acids is 2. The average molecular weight is 809 g/mol. The number of carboxylic acids is 2. The van der Waals surface area contributed by atoms with E-state index < -0.39 is 35.9 Å². The third-order valence-electron chi connectivity index (χ3n) is 9.42. The summed E-state index contributed by atoms with van der Waals surface area (Å²) in [5.41, 5.74) is 2.74. The van der Waals surface area contributed by atoms with Crippen molar-refractivity contribution >= 4 is 28.7 Å². The molecule has 4 aromatic carbocycles. The zero-order valence-electron chi connectivity index (χ0n) is 31.8. The highest BCUT2D eigenvalue weighted by Gasteiger charge is 2.30. The van der Waals surface area contributed by atoms with Crippen LogP contribution < -0.4 is 5.56 Å². The van der Waals surface area contributed by atoms with E-state index in [0.29, 0.717) is 54.8 Å². The topological polar surface area (TPSA) is 174 Å². The second kappa shape index (κ2) is 20.5. The minimum atomic E-state index is -4.40. The van der Waals surface area contributed by atoms with Gasteiger partial charge in [0, 0.05) is 26.1 Å². The van der Waals surface area contributed by atoms with Gasteiger partial charge in [-0.1, -0.05) is 74.5 Å². The average Bonchev–Trinajstić information content (AvgIpc) is 3.21. The van der Waals surface area contributed by atoms with E-state index in [4.69, 9.17) is 20.4 Å². The molecule has 0 radical (unpaired) electrons. The highest BCUT2D eigenvalue weighted by molar-refractivity contribution is 5.83. The van der Waals surface area contributed by atoms with Crippen molar-refractivity contribution in [2.24, 2.45) is 0 Å². The van der Waals surface area contributed by atoms with Gasteiger partial charge in [-0.3, -0.25) is 9.59 Å². The Morgan fingerprint density at radius 3 is 1.81 bits per heavy atom. The van der Waals surface area contributed by atoms with E-state index in [1.807, 2.05) is 36.4 Å². The number of hydrogen-bond acceptors (Lipinski definition) is 8. The summed E-state index contributed by atoms with van der Waals surface area (Å²) < 4.78 is 54.4. The molecular formula is C42H44F4N4O8. The van der Waals surface area contributed by atoms with E-state index in [1.54, 1.807) is 33.7 Å². The summed E-state index contributed by atoms with van der Waals surface area (Å²) in [6.45, 7) is 7.24. The Balaban J connectivity index is 0.000000657. The van der Waals surface area contributed by atoms with Crippen molar-refractivity contribution in [3.8, 4) is 11.1 Å². The number of aromatic nitrogens is 2. The smallest absolute Gasteiger partial charge is 0.416 e. The maximum Gasteiger partial charge on any atom is 0.416 e. The van der Waals surface area contributed by atoms with Gasteiger partial charge < -0.3 is 34.8 Å². The van der Waals surface area contributed by atoms with Crippen LogP contribution in [0.15, 0.2) is 102 Å². The van der Waals surface area contributed by atoms with Gasteiger partial charge in [0.05, 0.1) is 16.5 Å². The van der Waals surface area contributed by atoms with Gasteiger partial charge in [0.2, 0.25) is 5.91 Å². The van der Waals surface area contributed by atoms with E-state index in [2.05, 4.69) is 23.7 Å². The first-order valence-corrected chi connectivity index (χ1v) is 18.3. The normalized spacial score (nSPS) is 12.4. The first kappa shape index (κ1) is 44.7. The van der Waals surface area contributed by atoms with Crippen molar-refractivity contribution < 1.29 is 52.4 Å². The van der Waals surface area contributed by atoms with E-state index in [1.165, 1.54) is 24.3 Å². The van der Waals surface area contributed by atoms with Gasteiger partial charge in [0.1, 0.15) is 18.2 Å². The summed E-state index contributed by atoms with van der Waals surface area (Å²) in [6.07, 6.45) is -8.04. The van der Waals surface area contributed by atoms with Crippen LogP contribution >= 0.6 is 0 Å². The SMILES string of the molecule is CCN(CC)CCN(Cc1ccc(-c2ccc(C(F)(F)F)cc2)cc1)C(=O)Cn1c(CCc2ccc(F)cc2)nc(=O)c2ccccc21.O=C(O)C(O)C(O)C(=O)O. The van der Waals surface area contributed by atoms with Gasteiger partial charge in [-0.05, 0) is 78.2 Å². The number of amides is 1. The van der Waals surface area contributed by atoms with Crippen molar-refractivity contribution in [2.75, 3.05) is 26.2 Å². The Labute approximate surface area is 331 Å². The number of alkyl halides is 3. The molecule has 12 nitrogen and oxygen atoms in total. The molecular weight excluding hydrogens is 764 g/mol. The molecule has 0 bridgehead atoms. The molecule has 0 aliphatic carbocycles. The number of aliphatic hydroxyl groups excluding tert-OH is 2. The number of likely N-dealkylation sites (N-methyl/N-ethyl adjacent to an activating group) is 1. The van der Waals surface area contributed by atoms with Crippen molar-refractivity contribution in [3.63, 3.8) is 0 Å². The second-order valence-corrected chi connectivity index (χ2v) is 13.2. The Hall–Kier alpha value is -5.97. The van der Waals surface area contributed by atoms with Crippen LogP contribution in [0.25, 0.3) is 22.0 Å². The zero-order chi connectivity index (χ0) is 42.6. The molecule has 2 unspecified atom stereocenters. The predicted molar refractivity (Wildman–Crippen MR) is 207 cm³/mol. The first-order chi connectivity index (χ1) is 27.5. The molecule has 1 aromatic heterocycles. The molecule has 5 aromatic rings. The minimum Gasteiger partial charge on any atom is -0.479 e. The van der Waals surface area contributed by atoms with Crippen LogP contribution in [0.2, 0.25) is 0 Å². The van der Waals surface area contributed by atoms with Crippen LogP contribution in [0, 0.1) is 5.82 Å². The Morgan fingerprint density at radius 1 is 0.741 bits per heavy atom. The molecule has 308 valence electrons. The number of carboxylic acid groups (broad SMARTS) is 2. The second-order valence-electron chi connectivity index (χ2n) is 13.2. The van der Waals surface area contributed by atoms with Crippen molar-refractivity contribution in [3.05, 3.63) is 136 Å². The molecule has 0 saturated carbocycles. The van der Waals surface area contributed by atoms with Gasteiger partial charge in [-0.2, -0.15) is 18.2 Å². The van der Waals surface area contributed by atoms with E-state index in [9.17, 15) is 36.7 Å². The minimum absolute atomic E-state index is 0.0333.